The molecular formula is C19H11F4N3. The van der Waals surface area contributed by atoms with Crippen LogP contribution in [-0.2, 0) is 6.18 Å². The number of pyridine rings is 1. The molecular weight excluding hydrogens is 346 g/mol. The maximum absolute atomic E-state index is 13.6. The minimum atomic E-state index is -4.77. The van der Waals surface area contributed by atoms with Crippen molar-refractivity contribution in [1.82, 2.24) is 15.2 Å². The van der Waals surface area contributed by atoms with Crippen LogP contribution in [0.4, 0.5) is 17.6 Å². The van der Waals surface area contributed by atoms with E-state index in [1.54, 1.807) is 18.3 Å². The Labute approximate surface area is 145 Å². The molecule has 2 aromatic carbocycles. The highest BCUT2D eigenvalue weighted by Gasteiger charge is 2.34. The second kappa shape index (κ2) is 5.94. The van der Waals surface area contributed by atoms with Crippen LogP contribution in [0.5, 0.6) is 0 Å². The van der Waals surface area contributed by atoms with Crippen LogP contribution in [0, 0.1) is 5.82 Å². The summed E-state index contributed by atoms with van der Waals surface area (Å²) in [5.41, 5.74) is 1.51. The summed E-state index contributed by atoms with van der Waals surface area (Å²) < 4.78 is 52.7. The monoisotopic (exact) mass is 357 g/mol. The van der Waals surface area contributed by atoms with Crippen molar-refractivity contribution in [2.45, 2.75) is 6.18 Å². The number of hydrogen-bond donors (Lipinski definition) is 1. The number of nitrogens with zero attached hydrogens (tertiary/aromatic N) is 2. The molecule has 0 bridgehead atoms. The summed E-state index contributed by atoms with van der Waals surface area (Å²) >= 11 is 0. The fraction of sp³-hybridized carbons (Fsp3) is 0.0526. The molecule has 2 heterocycles. The second-order valence-corrected chi connectivity index (χ2v) is 5.76. The Hall–Kier alpha value is -3.22. The number of hydrogen-bond acceptors (Lipinski definition) is 2. The van der Waals surface area contributed by atoms with Crippen molar-refractivity contribution in [3.63, 3.8) is 0 Å². The average molecular weight is 357 g/mol. The molecule has 2 aromatic heterocycles. The third kappa shape index (κ3) is 2.81. The van der Waals surface area contributed by atoms with E-state index in [1.807, 2.05) is 18.2 Å². The first-order chi connectivity index (χ1) is 12.4. The lowest BCUT2D eigenvalue weighted by Gasteiger charge is -2.12. The molecule has 0 aliphatic carbocycles. The van der Waals surface area contributed by atoms with Crippen molar-refractivity contribution in [2.24, 2.45) is 0 Å². The maximum atomic E-state index is 13.6. The summed E-state index contributed by atoms with van der Waals surface area (Å²) in [7, 11) is 0. The van der Waals surface area contributed by atoms with Gasteiger partial charge in [-0.25, -0.2) is 4.39 Å². The number of H-pyrrole nitrogens is 1. The first kappa shape index (κ1) is 16.3. The van der Waals surface area contributed by atoms with Gasteiger partial charge >= 0.3 is 6.18 Å². The van der Waals surface area contributed by atoms with Crippen LogP contribution >= 0.6 is 0 Å². The van der Waals surface area contributed by atoms with Gasteiger partial charge in [0.25, 0.3) is 0 Å². The molecule has 0 unspecified atom stereocenters. The lowest BCUT2D eigenvalue weighted by atomic mass is 9.97. The highest BCUT2D eigenvalue weighted by Crippen LogP contribution is 2.37. The van der Waals surface area contributed by atoms with Gasteiger partial charge in [0.15, 0.2) is 0 Å². The van der Waals surface area contributed by atoms with Crippen LogP contribution in [0.2, 0.25) is 0 Å². The van der Waals surface area contributed by atoms with Gasteiger partial charge in [-0.15, -0.1) is 0 Å². The number of nitrogens with one attached hydrogen (secondary N) is 1. The first-order valence-electron chi connectivity index (χ1n) is 7.69. The Kier molecular flexibility index (Phi) is 3.72. The number of fused-ring (bicyclic) bond motifs is 1. The molecule has 4 rings (SSSR count). The largest absolute Gasteiger partial charge is 0.419 e. The average Bonchev–Trinajstić information content (AvgIpc) is 3.09. The number of halogens is 4. The molecule has 0 spiro atoms. The predicted octanol–water partition coefficient (Wildman–Crippen LogP) is 5.45. The highest BCUT2D eigenvalue weighted by atomic mass is 19.4. The van der Waals surface area contributed by atoms with E-state index in [4.69, 9.17) is 0 Å². The number of aromatic nitrogens is 3. The Morgan fingerprint density at radius 2 is 1.73 bits per heavy atom. The van der Waals surface area contributed by atoms with Crippen LogP contribution in [0.3, 0.4) is 0 Å². The van der Waals surface area contributed by atoms with Gasteiger partial charge in [-0.3, -0.25) is 10.1 Å². The Morgan fingerprint density at radius 1 is 0.923 bits per heavy atom. The third-order valence-electron chi connectivity index (χ3n) is 4.10. The third-order valence-corrected chi connectivity index (χ3v) is 4.10. The van der Waals surface area contributed by atoms with Gasteiger partial charge in [-0.2, -0.15) is 18.3 Å². The molecule has 0 atom stereocenters. The van der Waals surface area contributed by atoms with Crippen molar-refractivity contribution >= 4 is 10.9 Å². The summed E-state index contributed by atoms with van der Waals surface area (Å²) in [5.74, 6) is -1.31. The zero-order valence-electron chi connectivity index (χ0n) is 13.2. The molecule has 0 saturated carbocycles. The second-order valence-electron chi connectivity index (χ2n) is 5.76. The first-order valence-corrected chi connectivity index (χ1v) is 7.69. The zero-order valence-corrected chi connectivity index (χ0v) is 13.2. The molecule has 0 aliphatic rings. The minimum Gasteiger partial charge on any atom is -0.278 e. The van der Waals surface area contributed by atoms with E-state index in [1.165, 1.54) is 12.3 Å². The normalized spacial score (nSPS) is 11.8. The highest BCUT2D eigenvalue weighted by molar-refractivity contribution is 5.88. The fourth-order valence-corrected chi connectivity index (χ4v) is 2.87. The predicted molar refractivity (Wildman–Crippen MR) is 89.7 cm³/mol. The smallest absolute Gasteiger partial charge is 0.278 e. The molecule has 0 aliphatic heterocycles. The topological polar surface area (TPSA) is 41.6 Å². The van der Waals surface area contributed by atoms with Gasteiger partial charge in [-0.05, 0) is 42.0 Å². The van der Waals surface area contributed by atoms with Gasteiger partial charge < -0.3 is 0 Å². The Balaban J connectivity index is 1.89. The van der Waals surface area contributed by atoms with Crippen LogP contribution in [0.15, 0.2) is 60.9 Å². The standard InChI is InChI=1S/C19H11F4N3/c20-16-5-3-12(9-15(16)19(21,22)23)18-14(2-1-7-24-18)11-4-6-17-13(8-11)10-25-26-17/h1-10H,(H,25,26). The number of benzene rings is 2. The van der Waals surface area contributed by atoms with E-state index >= 15 is 0 Å². The molecule has 0 radical (unpaired) electrons. The summed E-state index contributed by atoms with van der Waals surface area (Å²) in [4.78, 5) is 4.23. The molecule has 130 valence electrons. The molecule has 26 heavy (non-hydrogen) atoms. The summed E-state index contributed by atoms with van der Waals surface area (Å²) in [6.07, 6.45) is -1.62. The van der Waals surface area contributed by atoms with E-state index in [0.29, 0.717) is 11.3 Å². The summed E-state index contributed by atoms with van der Waals surface area (Å²) in [5, 5.41) is 7.67. The summed E-state index contributed by atoms with van der Waals surface area (Å²) in [6, 6.07) is 11.9. The molecule has 0 saturated heterocycles. The van der Waals surface area contributed by atoms with E-state index in [2.05, 4.69) is 15.2 Å². The molecule has 3 nitrogen and oxygen atoms in total. The van der Waals surface area contributed by atoms with E-state index in [9.17, 15) is 17.6 Å². The van der Waals surface area contributed by atoms with Crippen molar-refractivity contribution in [3.8, 4) is 22.4 Å². The zero-order chi connectivity index (χ0) is 18.3. The lowest BCUT2D eigenvalue weighted by Crippen LogP contribution is -2.08. The van der Waals surface area contributed by atoms with Gasteiger partial charge in [-0.1, -0.05) is 12.1 Å². The number of rotatable bonds is 2. The van der Waals surface area contributed by atoms with E-state index < -0.39 is 17.6 Å². The molecule has 0 amide bonds. The number of alkyl halides is 3. The summed E-state index contributed by atoms with van der Waals surface area (Å²) in [6.45, 7) is 0. The van der Waals surface area contributed by atoms with Gasteiger partial charge in [0.05, 0.1) is 23.0 Å². The lowest BCUT2D eigenvalue weighted by molar-refractivity contribution is -0.139. The molecule has 1 N–H and O–H groups in total. The SMILES string of the molecule is Fc1ccc(-c2ncccc2-c2ccc3[nH]ncc3c2)cc1C(F)(F)F. The van der Waals surface area contributed by atoms with Crippen molar-refractivity contribution in [2.75, 3.05) is 0 Å². The van der Waals surface area contributed by atoms with Crippen LogP contribution < -0.4 is 0 Å². The van der Waals surface area contributed by atoms with E-state index in [-0.39, 0.29) is 5.56 Å². The van der Waals surface area contributed by atoms with Crippen molar-refractivity contribution in [3.05, 3.63) is 72.3 Å². The quantitative estimate of drug-likeness (QED) is 0.485. The molecule has 0 fully saturated rings. The molecule has 7 heteroatoms. The Bertz CT molecular complexity index is 1100. The Morgan fingerprint density at radius 3 is 2.54 bits per heavy atom. The number of aromatic amines is 1. The van der Waals surface area contributed by atoms with Crippen LogP contribution in [0.25, 0.3) is 33.3 Å². The van der Waals surface area contributed by atoms with Crippen LogP contribution in [-0.4, -0.2) is 15.2 Å². The fourth-order valence-electron chi connectivity index (χ4n) is 2.87. The van der Waals surface area contributed by atoms with Crippen molar-refractivity contribution in [1.29, 1.82) is 0 Å². The minimum absolute atomic E-state index is 0.196. The van der Waals surface area contributed by atoms with Gasteiger partial charge in [0, 0.05) is 22.7 Å². The van der Waals surface area contributed by atoms with Crippen LogP contribution in [0.1, 0.15) is 5.56 Å². The molecule has 4 aromatic rings. The van der Waals surface area contributed by atoms with E-state index in [0.717, 1.165) is 28.6 Å². The van der Waals surface area contributed by atoms with Gasteiger partial charge in [0.2, 0.25) is 0 Å². The van der Waals surface area contributed by atoms with Crippen molar-refractivity contribution < 1.29 is 17.6 Å². The maximum Gasteiger partial charge on any atom is 0.419 e. The van der Waals surface area contributed by atoms with Gasteiger partial charge in [0.1, 0.15) is 5.82 Å².